The molecular weight excluding hydrogens is 262 g/mol. The van der Waals surface area contributed by atoms with E-state index >= 15 is 0 Å². The lowest BCUT2D eigenvalue weighted by Crippen LogP contribution is -2.23. The Morgan fingerprint density at radius 3 is 2.24 bits per heavy atom. The van der Waals surface area contributed by atoms with Crippen LogP contribution in [0.4, 0.5) is 11.4 Å². The van der Waals surface area contributed by atoms with E-state index in [-0.39, 0.29) is 0 Å². The molecule has 2 atom stereocenters. The van der Waals surface area contributed by atoms with E-state index < -0.39 is 0 Å². The summed E-state index contributed by atoms with van der Waals surface area (Å²) < 4.78 is 10.9. The van der Waals surface area contributed by atoms with Crippen molar-refractivity contribution in [2.24, 2.45) is 0 Å². The quantitative estimate of drug-likeness (QED) is 0.761. The van der Waals surface area contributed by atoms with Gasteiger partial charge in [-0.05, 0) is 23.8 Å². The fraction of sp³-hybridized carbons (Fsp3) is 0.333. The van der Waals surface area contributed by atoms with Crippen LogP contribution in [0, 0.1) is 0 Å². The predicted octanol–water partition coefficient (Wildman–Crippen LogP) is 3.16. The minimum atomic E-state index is 0.357. The molecule has 0 bridgehead atoms. The minimum Gasteiger partial charge on any atom is -0.373 e. The third-order valence-corrected chi connectivity index (χ3v) is 3.99. The average Bonchev–Trinajstić information content (AvgIpc) is 3.42. The van der Waals surface area contributed by atoms with Crippen LogP contribution in [0.5, 0.6) is 0 Å². The first-order valence-corrected chi connectivity index (χ1v) is 7.54. The van der Waals surface area contributed by atoms with E-state index in [9.17, 15) is 0 Å². The Bertz CT molecular complexity index is 606. The van der Waals surface area contributed by atoms with E-state index in [1.165, 1.54) is 16.9 Å². The van der Waals surface area contributed by atoms with Gasteiger partial charge in [0.15, 0.2) is 0 Å². The zero-order valence-corrected chi connectivity index (χ0v) is 11.9. The average molecular weight is 281 g/mol. The van der Waals surface area contributed by atoms with Crippen molar-refractivity contribution in [1.29, 1.82) is 0 Å². The van der Waals surface area contributed by atoms with Crippen LogP contribution in [0.3, 0.4) is 0 Å². The van der Waals surface area contributed by atoms with Gasteiger partial charge in [0, 0.05) is 17.8 Å². The van der Waals surface area contributed by atoms with Crippen LogP contribution < -0.4 is 4.90 Å². The van der Waals surface area contributed by atoms with E-state index in [0.29, 0.717) is 12.2 Å². The number of para-hydroxylation sites is 2. The summed E-state index contributed by atoms with van der Waals surface area (Å²) in [6.45, 7) is 2.68. The number of anilines is 2. The van der Waals surface area contributed by atoms with E-state index in [4.69, 9.17) is 9.47 Å². The van der Waals surface area contributed by atoms with Gasteiger partial charge in [0.25, 0.3) is 0 Å². The number of hydrogen-bond donors (Lipinski definition) is 0. The highest BCUT2D eigenvalue weighted by molar-refractivity contribution is 5.66. The number of epoxide rings is 2. The van der Waals surface area contributed by atoms with Crippen LogP contribution in [0.2, 0.25) is 0 Å². The van der Waals surface area contributed by atoms with Gasteiger partial charge in [-0.25, -0.2) is 0 Å². The Kier molecular flexibility index (Phi) is 3.37. The van der Waals surface area contributed by atoms with E-state index in [2.05, 4.69) is 59.5 Å². The number of rotatable bonds is 6. The maximum Gasteiger partial charge on any atom is 0.0988 e. The molecule has 0 saturated carbocycles. The smallest absolute Gasteiger partial charge is 0.0988 e. The predicted molar refractivity (Wildman–Crippen MR) is 83.1 cm³/mol. The van der Waals surface area contributed by atoms with E-state index in [1.54, 1.807) is 0 Å². The molecule has 108 valence electrons. The van der Waals surface area contributed by atoms with E-state index in [1.807, 2.05) is 0 Å². The van der Waals surface area contributed by atoms with Gasteiger partial charge >= 0.3 is 0 Å². The molecular formula is C18H19NO2. The molecule has 2 aliphatic rings. The van der Waals surface area contributed by atoms with Crippen molar-refractivity contribution >= 4 is 11.4 Å². The summed E-state index contributed by atoms with van der Waals surface area (Å²) in [5.41, 5.74) is 3.84. The highest BCUT2D eigenvalue weighted by Gasteiger charge is 2.29. The summed E-state index contributed by atoms with van der Waals surface area (Å²) in [5, 5.41) is 0. The molecule has 2 unspecified atom stereocenters. The molecule has 0 spiro atoms. The van der Waals surface area contributed by atoms with Gasteiger partial charge in [-0.15, -0.1) is 0 Å². The van der Waals surface area contributed by atoms with Crippen LogP contribution in [-0.4, -0.2) is 32.0 Å². The van der Waals surface area contributed by atoms with Crippen molar-refractivity contribution in [3.63, 3.8) is 0 Å². The molecule has 2 aliphatic heterocycles. The zero-order valence-electron chi connectivity index (χ0n) is 11.9. The van der Waals surface area contributed by atoms with Gasteiger partial charge < -0.3 is 14.4 Å². The molecule has 2 aromatic rings. The maximum absolute atomic E-state index is 5.45. The first kappa shape index (κ1) is 12.9. The second-order valence-corrected chi connectivity index (χ2v) is 5.69. The number of ether oxygens (including phenoxy) is 2. The molecule has 0 amide bonds. The standard InChI is InChI=1S/C18H19NO2/c1-2-7-15(8-3-1)19(11-17-13-21-17)18-9-5-4-6-14(18)10-16-12-20-16/h1-9,16-17H,10-13H2. The van der Waals surface area contributed by atoms with Gasteiger partial charge in [-0.1, -0.05) is 36.4 Å². The van der Waals surface area contributed by atoms with Gasteiger partial charge in [-0.3, -0.25) is 0 Å². The molecule has 2 saturated heterocycles. The van der Waals surface area contributed by atoms with Gasteiger partial charge in [-0.2, -0.15) is 0 Å². The SMILES string of the molecule is c1ccc(N(CC2CO2)c2ccccc2CC2CO2)cc1. The van der Waals surface area contributed by atoms with Crippen molar-refractivity contribution in [2.45, 2.75) is 18.6 Å². The Morgan fingerprint density at radius 2 is 1.52 bits per heavy atom. The molecule has 2 fully saturated rings. The Labute approximate surface area is 125 Å². The molecule has 0 aliphatic carbocycles. The van der Waals surface area contributed by atoms with Crippen molar-refractivity contribution in [3.05, 3.63) is 60.2 Å². The number of nitrogens with zero attached hydrogens (tertiary/aromatic N) is 1. The van der Waals surface area contributed by atoms with Gasteiger partial charge in [0.1, 0.15) is 0 Å². The lowest BCUT2D eigenvalue weighted by atomic mass is 10.1. The number of hydrogen-bond acceptors (Lipinski definition) is 3. The number of benzene rings is 2. The van der Waals surface area contributed by atoms with Crippen molar-refractivity contribution in [2.75, 3.05) is 24.7 Å². The van der Waals surface area contributed by atoms with Crippen molar-refractivity contribution < 1.29 is 9.47 Å². The van der Waals surface area contributed by atoms with Crippen molar-refractivity contribution in [3.8, 4) is 0 Å². The molecule has 0 N–H and O–H groups in total. The monoisotopic (exact) mass is 281 g/mol. The molecule has 21 heavy (non-hydrogen) atoms. The molecule has 2 heterocycles. The molecule has 2 aromatic carbocycles. The van der Waals surface area contributed by atoms with E-state index in [0.717, 1.165) is 26.2 Å². The summed E-state index contributed by atoms with van der Waals surface area (Å²) in [5.74, 6) is 0. The van der Waals surface area contributed by atoms with Crippen LogP contribution in [0.15, 0.2) is 54.6 Å². The van der Waals surface area contributed by atoms with Crippen LogP contribution in [-0.2, 0) is 15.9 Å². The molecule has 3 nitrogen and oxygen atoms in total. The molecule has 0 aromatic heterocycles. The maximum atomic E-state index is 5.45. The summed E-state index contributed by atoms with van der Waals surface area (Å²) in [4.78, 5) is 2.37. The fourth-order valence-electron chi connectivity index (χ4n) is 2.71. The topological polar surface area (TPSA) is 28.3 Å². The van der Waals surface area contributed by atoms with Gasteiger partial charge in [0.05, 0.1) is 32.0 Å². The van der Waals surface area contributed by atoms with Gasteiger partial charge in [0.2, 0.25) is 0 Å². The van der Waals surface area contributed by atoms with Crippen LogP contribution in [0.1, 0.15) is 5.56 Å². The summed E-state index contributed by atoms with van der Waals surface area (Å²) in [7, 11) is 0. The second kappa shape index (κ2) is 5.51. The normalized spacial score (nSPS) is 22.9. The third kappa shape index (κ3) is 3.09. The first-order chi connectivity index (χ1) is 10.4. The third-order valence-electron chi connectivity index (χ3n) is 3.99. The molecule has 4 rings (SSSR count). The molecule has 3 heteroatoms. The largest absolute Gasteiger partial charge is 0.373 e. The zero-order chi connectivity index (χ0) is 14.1. The molecule has 0 radical (unpaired) electrons. The first-order valence-electron chi connectivity index (χ1n) is 7.54. The lowest BCUT2D eigenvalue weighted by molar-refractivity contribution is 0.406. The summed E-state index contributed by atoms with van der Waals surface area (Å²) >= 11 is 0. The second-order valence-electron chi connectivity index (χ2n) is 5.69. The Morgan fingerprint density at radius 1 is 0.857 bits per heavy atom. The van der Waals surface area contributed by atoms with Crippen molar-refractivity contribution in [1.82, 2.24) is 0 Å². The minimum absolute atomic E-state index is 0.357. The summed E-state index contributed by atoms with van der Waals surface area (Å²) in [6.07, 6.45) is 1.75. The van der Waals surface area contributed by atoms with Crippen LogP contribution in [0.25, 0.3) is 0 Å². The highest BCUT2D eigenvalue weighted by atomic mass is 16.6. The fourth-order valence-corrected chi connectivity index (χ4v) is 2.71. The Hall–Kier alpha value is -1.84. The highest BCUT2D eigenvalue weighted by Crippen LogP contribution is 2.32. The van der Waals surface area contributed by atoms with Crippen LogP contribution >= 0.6 is 0 Å². The lowest BCUT2D eigenvalue weighted by Gasteiger charge is -2.26. The Balaban J connectivity index is 1.68. The summed E-state index contributed by atoms with van der Waals surface area (Å²) in [6, 6.07) is 19.2.